The highest BCUT2D eigenvalue weighted by Crippen LogP contribution is 2.06. The second kappa shape index (κ2) is 3.55. The number of aromatic nitrogens is 1. The lowest BCUT2D eigenvalue weighted by Crippen LogP contribution is -2.33. The van der Waals surface area contributed by atoms with Crippen molar-refractivity contribution < 1.29 is 4.79 Å². The van der Waals surface area contributed by atoms with Crippen LogP contribution in [0.4, 0.5) is 0 Å². The van der Waals surface area contributed by atoms with Gasteiger partial charge in [-0.2, -0.15) is 0 Å². The Morgan fingerprint density at radius 3 is 2.80 bits per heavy atom. The predicted molar refractivity (Wildman–Crippen MR) is 56.2 cm³/mol. The Balaban J connectivity index is 2.76. The molecule has 0 aliphatic heterocycles. The number of H-pyrrole nitrogens is 1. The number of hydrazine groups is 1. The number of hydrogen-bond acceptors (Lipinski definition) is 3. The number of aromatic amines is 1. The molecule has 5 heteroatoms. The second-order valence-corrected chi connectivity index (χ2v) is 3.05. The van der Waals surface area contributed by atoms with Crippen molar-refractivity contribution in [3.8, 4) is 0 Å². The van der Waals surface area contributed by atoms with Gasteiger partial charge in [0.05, 0.1) is 0 Å². The maximum Gasteiger partial charge on any atom is 0.270 e. The van der Waals surface area contributed by atoms with Crippen molar-refractivity contribution in [2.24, 2.45) is 5.84 Å². The van der Waals surface area contributed by atoms with Crippen LogP contribution in [-0.4, -0.2) is 10.9 Å². The molecule has 0 aliphatic rings. The number of rotatable bonds is 1. The zero-order valence-electron chi connectivity index (χ0n) is 7.78. The van der Waals surface area contributed by atoms with Gasteiger partial charge in [0.15, 0.2) is 0 Å². The van der Waals surface area contributed by atoms with Gasteiger partial charge >= 0.3 is 0 Å². The van der Waals surface area contributed by atoms with Crippen molar-refractivity contribution in [1.29, 1.82) is 0 Å². The summed E-state index contributed by atoms with van der Waals surface area (Å²) >= 11 is 0. The number of nitrogens with two attached hydrogens (primary N) is 1. The van der Waals surface area contributed by atoms with Gasteiger partial charge in [0.1, 0.15) is 5.56 Å². The standard InChI is InChI=1S/C10H9N3O2/c11-13-10(15)7-5-12-8-4-2-1-3-6(8)9(7)14/h1-5H,11H2,(H,12,14)(H,13,15). The fourth-order valence-electron chi connectivity index (χ4n) is 1.41. The maximum absolute atomic E-state index is 11.8. The lowest BCUT2D eigenvalue weighted by Gasteiger charge is -2.01. The van der Waals surface area contributed by atoms with Crippen molar-refractivity contribution in [2.45, 2.75) is 0 Å². The van der Waals surface area contributed by atoms with E-state index >= 15 is 0 Å². The van der Waals surface area contributed by atoms with E-state index in [4.69, 9.17) is 5.84 Å². The minimum atomic E-state index is -0.595. The Morgan fingerprint density at radius 2 is 2.07 bits per heavy atom. The molecule has 0 saturated heterocycles. The zero-order valence-corrected chi connectivity index (χ0v) is 7.78. The minimum Gasteiger partial charge on any atom is -0.360 e. The van der Waals surface area contributed by atoms with E-state index in [0.29, 0.717) is 10.9 Å². The maximum atomic E-state index is 11.8. The quantitative estimate of drug-likeness (QED) is 0.349. The normalized spacial score (nSPS) is 10.2. The highest BCUT2D eigenvalue weighted by molar-refractivity contribution is 5.96. The summed E-state index contributed by atoms with van der Waals surface area (Å²) in [5.74, 6) is 4.37. The summed E-state index contributed by atoms with van der Waals surface area (Å²) in [4.78, 5) is 25.9. The summed E-state index contributed by atoms with van der Waals surface area (Å²) in [6.45, 7) is 0. The molecule has 0 radical (unpaired) electrons. The van der Waals surface area contributed by atoms with Gasteiger partial charge in [0.25, 0.3) is 5.91 Å². The van der Waals surface area contributed by atoms with E-state index in [1.807, 2.05) is 5.43 Å². The number of nitrogen functional groups attached to an aromatic ring is 1. The van der Waals surface area contributed by atoms with Crippen LogP contribution in [0.3, 0.4) is 0 Å². The first-order chi connectivity index (χ1) is 7.24. The topological polar surface area (TPSA) is 88.0 Å². The van der Waals surface area contributed by atoms with E-state index in [1.165, 1.54) is 6.20 Å². The molecule has 0 atom stereocenters. The summed E-state index contributed by atoms with van der Waals surface area (Å²) in [6.07, 6.45) is 1.35. The van der Waals surface area contributed by atoms with Crippen LogP contribution in [0.5, 0.6) is 0 Å². The summed E-state index contributed by atoms with van der Waals surface area (Å²) in [6, 6.07) is 6.96. The smallest absolute Gasteiger partial charge is 0.270 e. The molecule has 1 heterocycles. The average molecular weight is 203 g/mol. The Kier molecular flexibility index (Phi) is 2.23. The number of benzene rings is 1. The Bertz CT molecular complexity index is 574. The number of hydrogen-bond donors (Lipinski definition) is 3. The number of nitrogens with one attached hydrogen (secondary N) is 2. The van der Waals surface area contributed by atoms with Crippen LogP contribution in [0.25, 0.3) is 10.9 Å². The second-order valence-electron chi connectivity index (χ2n) is 3.05. The van der Waals surface area contributed by atoms with Crippen molar-refractivity contribution in [3.05, 3.63) is 46.2 Å². The molecule has 76 valence electrons. The summed E-state index contributed by atoms with van der Waals surface area (Å²) in [5.41, 5.74) is 2.30. The number of pyridine rings is 1. The molecule has 0 fully saturated rings. The molecule has 4 N–H and O–H groups in total. The fourth-order valence-corrected chi connectivity index (χ4v) is 1.41. The SMILES string of the molecule is NNC(=O)c1c[nH]c2ccccc2c1=O. The minimum absolute atomic E-state index is 0.0104. The van der Waals surface area contributed by atoms with Gasteiger partial charge < -0.3 is 4.98 Å². The number of fused-ring (bicyclic) bond motifs is 1. The lowest BCUT2D eigenvalue weighted by molar-refractivity contribution is 0.0952. The third-order valence-corrected chi connectivity index (χ3v) is 2.16. The Hall–Kier alpha value is -2.14. The van der Waals surface area contributed by atoms with Crippen LogP contribution in [-0.2, 0) is 0 Å². The molecule has 5 nitrogen and oxygen atoms in total. The molecule has 2 aromatic rings. The van der Waals surface area contributed by atoms with Crippen molar-refractivity contribution in [2.75, 3.05) is 0 Å². The molecule has 15 heavy (non-hydrogen) atoms. The summed E-state index contributed by atoms with van der Waals surface area (Å²) in [7, 11) is 0. The first-order valence-corrected chi connectivity index (χ1v) is 4.35. The highest BCUT2D eigenvalue weighted by atomic mass is 16.2. The lowest BCUT2D eigenvalue weighted by atomic mass is 10.1. The third kappa shape index (κ3) is 1.49. The van der Waals surface area contributed by atoms with E-state index in [0.717, 1.165) is 0 Å². The van der Waals surface area contributed by atoms with Crippen LogP contribution in [0.1, 0.15) is 10.4 Å². The zero-order chi connectivity index (χ0) is 10.8. The number of amides is 1. The van der Waals surface area contributed by atoms with E-state index < -0.39 is 5.91 Å². The largest absolute Gasteiger partial charge is 0.360 e. The van der Waals surface area contributed by atoms with E-state index in [1.54, 1.807) is 24.3 Å². The molecule has 0 spiro atoms. The highest BCUT2D eigenvalue weighted by Gasteiger charge is 2.10. The van der Waals surface area contributed by atoms with Crippen LogP contribution in [0.15, 0.2) is 35.3 Å². The van der Waals surface area contributed by atoms with Crippen molar-refractivity contribution in [3.63, 3.8) is 0 Å². The van der Waals surface area contributed by atoms with Gasteiger partial charge in [-0.15, -0.1) is 0 Å². The van der Waals surface area contributed by atoms with E-state index in [2.05, 4.69) is 4.98 Å². The van der Waals surface area contributed by atoms with Crippen LogP contribution >= 0.6 is 0 Å². The molecule has 0 saturated carbocycles. The molecule has 2 rings (SSSR count). The molecule has 1 aromatic carbocycles. The van der Waals surface area contributed by atoms with Crippen LogP contribution in [0.2, 0.25) is 0 Å². The number of carbonyl (C=O) groups is 1. The van der Waals surface area contributed by atoms with Crippen LogP contribution in [0, 0.1) is 0 Å². The van der Waals surface area contributed by atoms with Gasteiger partial charge in [0, 0.05) is 17.1 Å². The molecular weight excluding hydrogens is 194 g/mol. The number of carbonyl (C=O) groups excluding carboxylic acids is 1. The average Bonchev–Trinajstić information content (AvgIpc) is 2.29. The van der Waals surface area contributed by atoms with Gasteiger partial charge in [-0.05, 0) is 12.1 Å². The first-order valence-electron chi connectivity index (χ1n) is 4.35. The first kappa shape index (κ1) is 9.42. The molecular formula is C10H9N3O2. The van der Waals surface area contributed by atoms with E-state index in [9.17, 15) is 9.59 Å². The van der Waals surface area contributed by atoms with Gasteiger partial charge in [0.2, 0.25) is 5.43 Å². The molecule has 0 aliphatic carbocycles. The number of para-hydroxylation sites is 1. The molecule has 1 aromatic heterocycles. The van der Waals surface area contributed by atoms with Crippen LogP contribution < -0.4 is 16.7 Å². The van der Waals surface area contributed by atoms with Gasteiger partial charge in [-0.1, -0.05) is 12.1 Å². The van der Waals surface area contributed by atoms with Crippen molar-refractivity contribution >= 4 is 16.8 Å². The Labute approximate surface area is 84.9 Å². The molecule has 0 unspecified atom stereocenters. The molecule has 0 bridgehead atoms. The molecule has 1 amide bonds. The summed E-state index contributed by atoms with van der Waals surface area (Å²) < 4.78 is 0. The van der Waals surface area contributed by atoms with Gasteiger partial charge in [-0.25, -0.2) is 5.84 Å². The van der Waals surface area contributed by atoms with E-state index in [-0.39, 0.29) is 11.0 Å². The summed E-state index contributed by atoms with van der Waals surface area (Å²) in [5, 5.41) is 0.471. The Morgan fingerprint density at radius 1 is 1.33 bits per heavy atom. The predicted octanol–water partition coefficient (Wildman–Crippen LogP) is 0.132. The monoisotopic (exact) mass is 203 g/mol. The van der Waals surface area contributed by atoms with Gasteiger partial charge in [-0.3, -0.25) is 15.0 Å². The fraction of sp³-hybridized carbons (Fsp3) is 0. The third-order valence-electron chi connectivity index (χ3n) is 2.16. The van der Waals surface area contributed by atoms with Crippen molar-refractivity contribution in [1.82, 2.24) is 10.4 Å².